The van der Waals surface area contributed by atoms with Crippen LogP contribution in [0.1, 0.15) is 5.56 Å². The smallest absolute Gasteiger partial charge is 0.254 e. The van der Waals surface area contributed by atoms with Gasteiger partial charge in [-0.15, -0.1) is 11.3 Å². The maximum atomic E-state index is 12.3. The third-order valence-corrected chi connectivity index (χ3v) is 6.44. The van der Waals surface area contributed by atoms with Crippen molar-refractivity contribution >= 4 is 33.0 Å². The molecule has 1 aromatic rings. The fourth-order valence-corrected chi connectivity index (χ4v) is 4.90. The lowest BCUT2D eigenvalue weighted by Crippen LogP contribution is -2.53. The number of rotatable bonds is 2. The second-order valence-corrected chi connectivity index (χ2v) is 7.55. The van der Waals surface area contributed by atoms with Crippen molar-refractivity contribution < 1.29 is 13.2 Å². The van der Waals surface area contributed by atoms with Gasteiger partial charge in [0, 0.05) is 6.54 Å². The zero-order valence-corrected chi connectivity index (χ0v) is 11.6. The van der Waals surface area contributed by atoms with E-state index in [0.29, 0.717) is 10.9 Å². The Balaban J connectivity index is 2.35. The summed E-state index contributed by atoms with van der Waals surface area (Å²) in [6.45, 7) is 2.64. The van der Waals surface area contributed by atoms with Gasteiger partial charge in [0.1, 0.15) is 4.21 Å². The summed E-state index contributed by atoms with van der Waals surface area (Å²) >= 11 is 6.95. The molecular weight excluding hydrogens is 284 g/mol. The van der Waals surface area contributed by atoms with Gasteiger partial charge in [0.25, 0.3) is 10.0 Å². The number of ether oxygens (including phenoxy) is 1. The highest BCUT2D eigenvalue weighted by Gasteiger charge is 2.33. The Labute approximate surface area is 109 Å². The highest BCUT2D eigenvalue weighted by atomic mass is 35.5. The Morgan fingerprint density at radius 2 is 2.35 bits per heavy atom. The molecule has 0 spiro atoms. The van der Waals surface area contributed by atoms with E-state index < -0.39 is 16.2 Å². The van der Waals surface area contributed by atoms with Crippen LogP contribution >= 0.6 is 22.9 Å². The first-order chi connectivity index (χ1) is 7.93. The van der Waals surface area contributed by atoms with Gasteiger partial charge in [0.05, 0.1) is 23.7 Å². The second kappa shape index (κ2) is 4.83. The molecule has 2 N–H and O–H groups in total. The van der Waals surface area contributed by atoms with Gasteiger partial charge in [-0.25, -0.2) is 8.42 Å². The molecule has 1 atom stereocenters. The van der Waals surface area contributed by atoms with E-state index >= 15 is 0 Å². The molecule has 0 aromatic carbocycles. The first-order valence-corrected chi connectivity index (χ1v) is 7.67. The van der Waals surface area contributed by atoms with Crippen molar-refractivity contribution in [3.8, 4) is 0 Å². The van der Waals surface area contributed by atoms with Gasteiger partial charge >= 0.3 is 0 Å². The average molecular weight is 297 g/mol. The summed E-state index contributed by atoms with van der Waals surface area (Å²) < 4.78 is 31.7. The largest absolute Gasteiger partial charge is 0.377 e. The van der Waals surface area contributed by atoms with Crippen molar-refractivity contribution in [1.29, 1.82) is 0 Å². The minimum atomic E-state index is -3.55. The first-order valence-electron chi connectivity index (χ1n) is 5.04. The number of hydrogen-bond acceptors (Lipinski definition) is 5. The van der Waals surface area contributed by atoms with Crippen LogP contribution < -0.4 is 5.73 Å². The number of hydrogen-bond donors (Lipinski definition) is 1. The molecule has 1 aliphatic rings. The topological polar surface area (TPSA) is 72.6 Å². The number of sulfonamides is 1. The Morgan fingerprint density at radius 3 is 2.88 bits per heavy atom. The molecule has 0 aliphatic carbocycles. The molecule has 17 heavy (non-hydrogen) atoms. The minimum absolute atomic E-state index is 0.220. The van der Waals surface area contributed by atoms with Gasteiger partial charge in [-0.2, -0.15) is 4.31 Å². The fraction of sp³-hybridized carbons (Fsp3) is 0.556. The van der Waals surface area contributed by atoms with Crippen LogP contribution in [0.3, 0.4) is 0 Å². The third-order valence-electron chi connectivity index (χ3n) is 2.51. The zero-order valence-electron chi connectivity index (χ0n) is 9.22. The number of halogens is 1. The van der Waals surface area contributed by atoms with Crippen LogP contribution in [-0.4, -0.2) is 38.6 Å². The van der Waals surface area contributed by atoms with Crippen molar-refractivity contribution in [1.82, 2.24) is 4.31 Å². The van der Waals surface area contributed by atoms with Gasteiger partial charge in [-0.1, -0.05) is 11.6 Å². The molecule has 2 rings (SSSR count). The van der Waals surface area contributed by atoms with Gasteiger partial charge in [-0.3, -0.25) is 0 Å². The van der Waals surface area contributed by atoms with Gasteiger partial charge in [0.2, 0.25) is 0 Å². The Bertz CT molecular complexity index is 495. The first kappa shape index (κ1) is 13.3. The summed E-state index contributed by atoms with van der Waals surface area (Å²) in [5.41, 5.74) is 6.50. The standard InChI is InChI=1S/C9H13ClN2O3S2/c1-6-4-8(16-9(6)10)17(13,14)12-2-3-15-5-7(12)11/h4,7H,2-3,5,11H2,1H3. The van der Waals surface area contributed by atoms with E-state index in [1.54, 1.807) is 13.0 Å². The number of morpholine rings is 1. The fourth-order valence-electron chi connectivity index (χ4n) is 1.58. The van der Waals surface area contributed by atoms with Crippen molar-refractivity contribution in [2.24, 2.45) is 5.73 Å². The zero-order chi connectivity index (χ0) is 12.6. The van der Waals surface area contributed by atoms with E-state index in [2.05, 4.69) is 0 Å². The molecule has 0 saturated carbocycles. The van der Waals surface area contributed by atoms with E-state index in [4.69, 9.17) is 22.1 Å². The summed E-state index contributed by atoms with van der Waals surface area (Å²) in [5, 5.41) is 0. The second-order valence-electron chi connectivity index (χ2n) is 3.78. The minimum Gasteiger partial charge on any atom is -0.377 e. The molecule has 5 nitrogen and oxygen atoms in total. The lowest BCUT2D eigenvalue weighted by molar-refractivity contribution is 0.0351. The SMILES string of the molecule is Cc1cc(S(=O)(=O)N2CCOCC2N)sc1Cl. The lowest BCUT2D eigenvalue weighted by atomic mass is 10.4. The lowest BCUT2D eigenvalue weighted by Gasteiger charge is -2.31. The molecular formula is C9H13ClN2O3S2. The maximum absolute atomic E-state index is 12.3. The van der Waals surface area contributed by atoms with E-state index in [1.807, 2.05) is 0 Å². The molecule has 2 heterocycles. The van der Waals surface area contributed by atoms with E-state index in [9.17, 15) is 8.42 Å². The number of nitrogens with two attached hydrogens (primary N) is 1. The van der Waals surface area contributed by atoms with Crippen LogP contribution in [-0.2, 0) is 14.8 Å². The Hall–Kier alpha value is -0.180. The van der Waals surface area contributed by atoms with Crippen LogP contribution in [0.2, 0.25) is 4.34 Å². The Morgan fingerprint density at radius 1 is 1.65 bits per heavy atom. The van der Waals surface area contributed by atoms with Gasteiger partial charge < -0.3 is 10.5 Å². The molecule has 0 bridgehead atoms. The van der Waals surface area contributed by atoms with Crippen LogP contribution in [0.4, 0.5) is 0 Å². The van der Waals surface area contributed by atoms with Crippen molar-refractivity contribution in [2.45, 2.75) is 17.3 Å². The van der Waals surface area contributed by atoms with Crippen LogP contribution in [0.25, 0.3) is 0 Å². The summed E-state index contributed by atoms with van der Waals surface area (Å²) in [6, 6.07) is 1.57. The van der Waals surface area contributed by atoms with Crippen LogP contribution in [0.5, 0.6) is 0 Å². The maximum Gasteiger partial charge on any atom is 0.254 e. The average Bonchev–Trinajstić information content (AvgIpc) is 2.60. The summed E-state index contributed by atoms with van der Waals surface area (Å²) in [4.78, 5) is 0. The van der Waals surface area contributed by atoms with E-state index in [0.717, 1.165) is 16.9 Å². The normalized spacial score (nSPS) is 22.9. The van der Waals surface area contributed by atoms with Crippen LogP contribution in [0.15, 0.2) is 10.3 Å². The predicted molar refractivity (Wildman–Crippen MR) is 66.8 cm³/mol. The van der Waals surface area contributed by atoms with Crippen molar-refractivity contribution in [3.63, 3.8) is 0 Å². The highest BCUT2D eigenvalue weighted by molar-refractivity contribution is 7.91. The van der Waals surface area contributed by atoms with Gasteiger partial charge in [-0.05, 0) is 18.6 Å². The molecule has 1 saturated heterocycles. The van der Waals surface area contributed by atoms with Crippen molar-refractivity contribution in [3.05, 3.63) is 16.0 Å². The van der Waals surface area contributed by atoms with Crippen molar-refractivity contribution in [2.75, 3.05) is 19.8 Å². The highest BCUT2D eigenvalue weighted by Crippen LogP contribution is 2.32. The van der Waals surface area contributed by atoms with Gasteiger partial charge in [0.15, 0.2) is 0 Å². The molecule has 0 radical (unpaired) electrons. The summed E-state index contributed by atoms with van der Waals surface area (Å²) in [6.07, 6.45) is -0.630. The number of nitrogens with zero attached hydrogens (tertiary/aromatic N) is 1. The quantitative estimate of drug-likeness (QED) is 0.884. The molecule has 1 unspecified atom stereocenters. The summed E-state index contributed by atoms with van der Waals surface area (Å²) in [7, 11) is -3.55. The molecule has 0 amide bonds. The molecule has 1 fully saturated rings. The molecule has 1 aromatic heterocycles. The van der Waals surface area contributed by atoms with Crippen LogP contribution in [0, 0.1) is 6.92 Å². The number of thiophene rings is 1. The van der Waals surface area contributed by atoms with E-state index in [1.165, 1.54) is 4.31 Å². The number of aryl methyl sites for hydroxylation is 1. The van der Waals surface area contributed by atoms with E-state index in [-0.39, 0.29) is 17.4 Å². The Kier molecular flexibility index (Phi) is 3.77. The third kappa shape index (κ3) is 2.49. The monoisotopic (exact) mass is 296 g/mol. The predicted octanol–water partition coefficient (Wildman–Crippen LogP) is 1.02. The molecule has 1 aliphatic heterocycles. The molecule has 8 heteroatoms. The molecule has 96 valence electrons. The summed E-state index contributed by atoms with van der Waals surface area (Å²) in [5.74, 6) is 0.